The van der Waals surface area contributed by atoms with E-state index in [0.717, 1.165) is 5.96 Å². The van der Waals surface area contributed by atoms with E-state index in [9.17, 15) is 0 Å². The second-order valence-electron chi connectivity index (χ2n) is 4.59. The third kappa shape index (κ3) is 3.70. The lowest BCUT2D eigenvalue weighted by atomic mass is 9.95. The molecule has 1 rings (SSSR count). The number of nitrogens with two attached hydrogens (primary N) is 1. The molecule has 0 heterocycles. The second kappa shape index (κ2) is 5.95. The van der Waals surface area contributed by atoms with Crippen molar-refractivity contribution in [3.05, 3.63) is 0 Å². The molecule has 0 aromatic rings. The van der Waals surface area contributed by atoms with E-state index in [1.54, 1.807) is 0 Å². The van der Waals surface area contributed by atoms with Gasteiger partial charge >= 0.3 is 0 Å². The van der Waals surface area contributed by atoms with Crippen molar-refractivity contribution in [3.63, 3.8) is 0 Å². The summed E-state index contributed by atoms with van der Waals surface area (Å²) in [6.07, 6.45) is 6.55. The van der Waals surface area contributed by atoms with Crippen LogP contribution in [0.15, 0.2) is 4.99 Å². The van der Waals surface area contributed by atoms with E-state index in [1.165, 1.54) is 32.1 Å². The molecule has 88 valence electrons. The maximum atomic E-state index is 5.51. The fourth-order valence-electron chi connectivity index (χ4n) is 2.12. The summed E-state index contributed by atoms with van der Waals surface area (Å²) in [5.74, 6) is 6.32. The lowest BCUT2D eigenvalue weighted by Gasteiger charge is -2.33. The van der Waals surface area contributed by atoms with Crippen LogP contribution in [0.25, 0.3) is 0 Å². The first-order valence-corrected chi connectivity index (χ1v) is 5.92. The molecule has 0 radical (unpaired) electrons. The van der Waals surface area contributed by atoms with Crippen molar-refractivity contribution in [1.29, 1.82) is 0 Å². The Morgan fingerprint density at radius 2 is 1.93 bits per heavy atom. The number of hydrogen-bond donors (Lipinski definition) is 2. The van der Waals surface area contributed by atoms with E-state index in [2.05, 4.69) is 36.2 Å². The van der Waals surface area contributed by atoms with Crippen LogP contribution in [0.3, 0.4) is 0 Å². The van der Waals surface area contributed by atoms with E-state index in [1.807, 2.05) is 0 Å². The zero-order valence-electron chi connectivity index (χ0n) is 10.2. The summed E-state index contributed by atoms with van der Waals surface area (Å²) in [5, 5.41) is 0. The average Bonchev–Trinajstić information content (AvgIpc) is 2.26. The average molecular weight is 212 g/mol. The monoisotopic (exact) mass is 212 g/mol. The van der Waals surface area contributed by atoms with Gasteiger partial charge in [0, 0.05) is 19.1 Å². The number of hydrogen-bond acceptors (Lipinski definition) is 2. The topological polar surface area (TPSA) is 53.6 Å². The number of nitrogens with one attached hydrogen (secondary N) is 1. The van der Waals surface area contributed by atoms with E-state index in [0.29, 0.717) is 6.04 Å². The van der Waals surface area contributed by atoms with Gasteiger partial charge in [-0.25, -0.2) is 10.8 Å². The highest BCUT2D eigenvalue weighted by Gasteiger charge is 2.20. The molecule has 1 fully saturated rings. The highest BCUT2D eigenvalue weighted by molar-refractivity contribution is 5.79. The van der Waals surface area contributed by atoms with Crippen molar-refractivity contribution < 1.29 is 0 Å². The highest BCUT2D eigenvalue weighted by Crippen LogP contribution is 2.21. The van der Waals surface area contributed by atoms with Crippen LogP contribution in [0.5, 0.6) is 0 Å². The van der Waals surface area contributed by atoms with Gasteiger partial charge in [-0.2, -0.15) is 0 Å². The minimum atomic E-state index is 0.280. The molecule has 0 atom stereocenters. The molecule has 0 aromatic heterocycles. The van der Waals surface area contributed by atoms with Crippen LogP contribution >= 0.6 is 0 Å². The second-order valence-corrected chi connectivity index (χ2v) is 4.59. The molecular weight excluding hydrogens is 188 g/mol. The van der Waals surface area contributed by atoms with Gasteiger partial charge in [0.2, 0.25) is 5.96 Å². The standard InChI is InChI=1S/C11H24N4/c1-9(2)13-11(14-12)15(3)10-7-5-4-6-8-10/h9-10H,4-8,12H2,1-3H3,(H,13,14). The van der Waals surface area contributed by atoms with Crippen LogP contribution < -0.4 is 11.3 Å². The molecule has 1 aliphatic carbocycles. The first-order valence-electron chi connectivity index (χ1n) is 5.92. The van der Waals surface area contributed by atoms with Crippen molar-refractivity contribution >= 4 is 5.96 Å². The Kier molecular flexibility index (Phi) is 4.88. The Morgan fingerprint density at radius 3 is 2.40 bits per heavy atom. The predicted octanol–water partition coefficient (Wildman–Crippen LogP) is 1.48. The summed E-state index contributed by atoms with van der Waals surface area (Å²) in [5.41, 5.74) is 2.71. The molecule has 0 aliphatic heterocycles. The molecule has 0 saturated heterocycles. The fraction of sp³-hybridized carbons (Fsp3) is 0.909. The predicted molar refractivity (Wildman–Crippen MR) is 64.5 cm³/mol. The van der Waals surface area contributed by atoms with Gasteiger partial charge in [-0.15, -0.1) is 0 Å². The highest BCUT2D eigenvalue weighted by atomic mass is 15.4. The van der Waals surface area contributed by atoms with Crippen LogP contribution in [0, 0.1) is 0 Å². The summed E-state index contributed by atoms with van der Waals surface area (Å²) in [7, 11) is 2.08. The maximum Gasteiger partial charge on any atom is 0.208 e. The Morgan fingerprint density at radius 1 is 1.33 bits per heavy atom. The largest absolute Gasteiger partial charge is 0.342 e. The van der Waals surface area contributed by atoms with Crippen molar-refractivity contribution in [2.24, 2.45) is 10.8 Å². The van der Waals surface area contributed by atoms with Crippen LogP contribution in [-0.2, 0) is 0 Å². The van der Waals surface area contributed by atoms with Gasteiger partial charge in [-0.3, -0.25) is 5.43 Å². The molecular formula is C11H24N4. The number of rotatable bonds is 2. The molecule has 0 spiro atoms. The van der Waals surface area contributed by atoms with E-state index in [4.69, 9.17) is 5.84 Å². The molecule has 1 saturated carbocycles. The van der Waals surface area contributed by atoms with E-state index < -0.39 is 0 Å². The van der Waals surface area contributed by atoms with Gasteiger partial charge in [0.15, 0.2) is 0 Å². The third-order valence-corrected chi connectivity index (χ3v) is 2.97. The van der Waals surface area contributed by atoms with Crippen molar-refractivity contribution in [3.8, 4) is 0 Å². The van der Waals surface area contributed by atoms with Crippen molar-refractivity contribution in [2.45, 2.75) is 58.0 Å². The Labute approximate surface area is 92.9 Å². The number of hydrazine groups is 1. The van der Waals surface area contributed by atoms with Crippen LogP contribution in [0.4, 0.5) is 0 Å². The van der Waals surface area contributed by atoms with Crippen LogP contribution in [0.2, 0.25) is 0 Å². The Balaban J connectivity index is 2.58. The third-order valence-electron chi connectivity index (χ3n) is 2.97. The van der Waals surface area contributed by atoms with Gasteiger partial charge in [-0.05, 0) is 26.7 Å². The first-order chi connectivity index (χ1) is 7.15. The SMILES string of the molecule is CC(C)N=C(NN)N(C)C1CCCCC1. The fourth-order valence-corrected chi connectivity index (χ4v) is 2.12. The Bertz CT molecular complexity index is 207. The van der Waals surface area contributed by atoms with Crippen molar-refractivity contribution in [2.75, 3.05) is 7.05 Å². The summed E-state index contributed by atoms with van der Waals surface area (Å²) in [6, 6.07) is 0.884. The minimum absolute atomic E-state index is 0.280. The number of guanidine groups is 1. The maximum absolute atomic E-state index is 5.51. The quantitative estimate of drug-likeness (QED) is 0.315. The van der Waals surface area contributed by atoms with Gasteiger partial charge in [0.1, 0.15) is 0 Å². The first kappa shape index (κ1) is 12.3. The van der Waals surface area contributed by atoms with Gasteiger partial charge in [-0.1, -0.05) is 19.3 Å². The molecule has 0 bridgehead atoms. The van der Waals surface area contributed by atoms with Crippen LogP contribution in [-0.4, -0.2) is 30.0 Å². The summed E-state index contributed by atoms with van der Waals surface area (Å²) < 4.78 is 0. The van der Waals surface area contributed by atoms with Crippen LogP contribution in [0.1, 0.15) is 46.0 Å². The number of nitrogens with zero attached hydrogens (tertiary/aromatic N) is 2. The van der Waals surface area contributed by atoms with Crippen molar-refractivity contribution in [1.82, 2.24) is 10.3 Å². The zero-order chi connectivity index (χ0) is 11.3. The van der Waals surface area contributed by atoms with E-state index in [-0.39, 0.29) is 6.04 Å². The molecule has 3 N–H and O–H groups in total. The normalized spacial score (nSPS) is 19.4. The van der Waals surface area contributed by atoms with E-state index >= 15 is 0 Å². The summed E-state index contributed by atoms with van der Waals surface area (Å²) in [4.78, 5) is 6.67. The van der Waals surface area contributed by atoms with Gasteiger partial charge < -0.3 is 4.90 Å². The number of aliphatic imine (C=N–C) groups is 1. The van der Waals surface area contributed by atoms with Gasteiger partial charge in [0.25, 0.3) is 0 Å². The Hall–Kier alpha value is -0.770. The molecule has 0 aromatic carbocycles. The van der Waals surface area contributed by atoms with Gasteiger partial charge in [0.05, 0.1) is 0 Å². The molecule has 4 nitrogen and oxygen atoms in total. The molecule has 1 aliphatic rings. The smallest absolute Gasteiger partial charge is 0.208 e. The lowest BCUT2D eigenvalue weighted by Crippen LogP contribution is -2.48. The molecule has 4 heteroatoms. The zero-order valence-corrected chi connectivity index (χ0v) is 10.2. The summed E-state index contributed by atoms with van der Waals surface area (Å²) in [6.45, 7) is 4.12. The molecule has 15 heavy (non-hydrogen) atoms. The summed E-state index contributed by atoms with van der Waals surface area (Å²) >= 11 is 0. The molecule has 0 amide bonds. The molecule has 0 unspecified atom stereocenters. The lowest BCUT2D eigenvalue weighted by molar-refractivity contribution is 0.271. The minimum Gasteiger partial charge on any atom is -0.342 e.